The molecular formula is C19H22N4O. The van der Waals surface area contributed by atoms with E-state index in [9.17, 15) is 4.79 Å². The van der Waals surface area contributed by atoms with Crippen LogP contribution in [0, 0.1) is 12.8 Å². The number of aromatic nitrogens is 2. The van der Waals surface area contributed by atoms with E-state index in [0.29, 0.717) is 12.5 Å². The highest BCUT2D eigenvalue weighted by Gasteiger charge is 2.26. The molecule has 1 N–H and O–H groups in total. The van der Waals surface area contributed by atoms with Gasteiger partial charge in [-0.15, -0.1) is 0 Å². The second-order valence-electron chi connectivity index (χ2n) is 6.32. The van der Waals surface area contributed by atoms with Crippen LogP contribution in [0.15, 0.2) is 48.7 Å². The van der Waals surface area contributed by atoms with Crippen LogP contribution >= 0.6 is 0 Å². The molecule has 1 atom stereocenters. The van der Waals surface area contributed by atoms with Gasteiger partial charge in [0.25, 0.3) is 0 Å². The van der Waals surface area contributed by atoms with Crippen LogP contribution in [0.25, 0.3) is 11.3 Å². The molecule has 0 saturated carbocycles. The predicted molar refractivity (Wildman–Crippen MR) is 95.7 cm³/mol. The first-order chi connectivity index (χ1) is 11.5. The van der Waals surface area contributed by atoms with Crippen LogP contribution in [-0.2, 0) is 0 Å². The van der Waals surface area contributed by atoms with Gasteiger partial charge in [0.2, 0.25) is 0 Å². The van der Waals surface area contributed by atoms with Gasteiger partial charge in [-0.3, -0.25) is 0 Å². The van der Waals surface area contributed by atoms with Crippen LogP contribution < -0.4 is 5.32 Å². The molecule has 0 fully saturated rings. The molecule has 0 radical (unpaired) electrons. The second kappa shape index (κ2) is 6.83. The molecule has 124 valence electrons. The summed E-state index contributed by atoms with van der Waals surface area (Å²) in [5, 5.41) is 3.00. The summed E-state index contributed by atoms with van der Waals surface area (Å²) in [6.07, 6.45) is 5.89. The summed E-state index contributed by atoms with van der Waals surface area (Å²) in [5.41, 5.74) is 2.57. The molecule has 1 aliphatic rings. The largest absolute Gasteiger partial charge is 0.322 e. The molecule has 0 saturated heterocycles. The number of aryl methyl sites for hydroxylation is 1. The van der Waals surface area contributed by atoms with Crippen molar-refractivity contribution >= 4 is 11.7 Å². The maximum atomic E-state index is 12.6. The summed E-state index contributed by atoms with van der Waals surface area (Å²) in [4.78, 5) is 23.0. The van der Waals surface area contributed by atoms with Gasteiger partial charge in [0.05, 0.1) is 11.7 Å². The topological polar surface area (TPSA) is 58.1 Å². The average Bonchev–Trinajstić information content (AvgIpc) is 3.05. The van der Waals surface area contributed by atoms with Crippen molar-refractivity contribution in [2.75, 3.05) is 11.9 Å². The molecule has 1 aromatic heterocycles. The first kappa shape index (κ1) is 16.2. The summed E-state index contributed by atoms with van der Waals surface area (Å²) in [5.74, 6) is 1.12. The zero-order valence-corrected chi connectivity index (χ0v) is 14.2. The van der Waals surface area contributed by atoms with Crippen LogP contribution in [0.4, 0.5) is 10.5 Å². The Morgan fingerprint density at radius 1 is 1.33 bits per heavy atom. The van der Waals surface area contributed by atoms with Crippen LogP contribution in [0.5, 0.6) is 0 Å². The third-order valence-electron chi connectivity index (χ3n) is 4.12. The zero-order chi connectivity index (χ0) is 17.1. The highest BCUT2D eigenvalue weighted by Crippen LogP contribution is 2.23. The van der Waals surface area contributed by atoms with Gasteiger partial charge in [-0.2, -0.15) is 0 Å². The van der Waals surface area contributed by atoms with E-state index in [2.05, 4.69) is 35.2 Å². The Bertz CT molecular complexity index is 769. The van der Waals surface area contributed by atoms with Gasteiger partial charge in [-0.05, 0) is 31.0 Å². The van der Waals surface area contributed by atoms with E-state index in [0.717, 1.165) is 22.8 Å². The first-order valence-corrected chi connectivity index (χ1v) is 8.19. The van der Waals surface area contributed by atoms with Gasteiger partial charge in [-0.25, -0.2) is 14.8 Å². The number of urea groups is 1. The minimum atomic E-state index is -0.0743. The lowest BCUT2D eigenvalue weighted by molar-refractivity contribution is 0.199. The Hall–Kier alpha value is -2.69. The van der Waals surface area contributed by atoms with Crippen molar-refractivity contribution in [1.82, 2.24) is 14.9 Å². The predicted octanol–water partition coefficient (Wildman–Crippen LogP) is 3.88. The molecule has 1 aromatic carbocycles. The molecule has 5 heteroatoms. The Morgan fingerprint density at radius 3 is 2.92 bits per heavy atom. The maximum absolute atomic E-state index is 12.6. The molecular weight excluding hydrogens is 300 g/mol. The van der Waals surface area contributed by atoms with E-state index in [1.807, 2.05) is 48.2 Å². The number of hydrogen-bond acceptors (Lipinski definition) is 3. The molecule has 2 amide bonds. The van der Waals surface area contributed by atoms with Gasteiger partial charge in [0.1, 0.15) is 5.82 Å². The van der Waals surface area contributed by atoms with Gasteiger partial charge in [0.15, 0.2) is 0 Å². The number of carbonyl (C=O) groups excluding carboxylic acids is 1. The van der Waals surface area contributed by atoms with E-state index in [4.69, 9.17) is 0 Å². The van der Waals surface area contributed by atoms with Crippen molar-refractivity contribution in [2.45, 2.75) is 26.8 Å². The van der Waals surface area contributed by atoms with Crippen molar-refractivity contribution < 1.29 is 4.79 Å². The molecule has 24 heavy (non-hydrogen) atoms. The summed E-state index contributed by atoms with van der Waals surface area (Å²) in [6.45, 7) is 6.76. The Morgan fingerprint density at radius 2 is 2.17 bits per heavy atom. The molecule has 0 spiro atoms. The fourth-order valence-corrected chi connectivity index (χ4v) is 2.91. The molecule has 3 rings (SSSR count). The van der Waals surface area contributed by atoms with Gasteiger partial charge < -0.3 is 10.2 Å². The van der Waals surface area contributed by atoms with E-state index in [1.165, 1.54) is 0 Å². The number of nitrogens with zero attached hydrogens (tertiary/aromatic N) is 3. The quantitative estimate of drug-likeness (QED) is 0.872. The summed E-state index contributed by atoms with van der Waals surface area (Å²) in [7, 11) is 0. The highest BCUT2D eigenvalue weighted by molar-refractivity contribution is 5.90. The van der Waals surface area contributed by atoms with E-state index >= 15 is 0 Å². The lowest BCUT2D eigenvalue weighted by Crippen LogP contribution is -2.41. The number of rotatable bonds is 3. The van der Waals surface area contributed by atoms with Crippen LogP contribution in [0.2, 0.25) is 0 Å². The molecule has 0 unspecified atom stereocenters. The monoisotopic (exact) mass is 322 g/mol. The number of amides is 2. The molecule has 2 aromatic rings. The lowest BCUT2D eigenvalue weighted by atomic mass is 10.1. The van der Waals surface area contributed by atoms with Crippen LogP contribution in [-0.4, -0.2) is 33.5 Å². The van der Waals surface area contributed by atoms with Gasteiger partial charge >= 0.3 is 6.03 Å². The summed E-state index contributed by atoms with van der Waals surface area (Å²) in [6, 6.07) is 9.67. The number of nitrogens with one attached hydrogen (secondary N) is 1. The van der Waals surface area contributed by atoms with E-state index in [1.54, 1.807) is 6.20 Å². The van der Waals surface area contributed by atoms with Crippen LogP contribution in [0.3, 0.4) is 0 Å². The smallest absolute Gasteiger partial charge is 0.314 e. The fourth-order valence-electron chi connectivity index (χ4n) is 2.91. The zero-order valence-electron chi connectivity index (χ0n) is 14.2. The Kier molecular flexibility index (Phi) is 4.60. The van der Waals surface area contributed by atoms with Crippen LogP contribution in [0.1, 0.15) is 19.7 Å². The normalized spacial score (nSPS) is 16.7. The third kappa shape index (κ3) is 3.45. The van der Waals surface area contributed by atoms with Crippen molar-refractivity contribution in [3.63, 3.8) is 0 Å². The number of carbonyl (C=O) groups is 1. The van der Waals surface area contributed by atoms with Crippen molar-refractivity contribution in [1.29, 1.82) is 0 Å². The fraction of sp³-hybridized carbons (Fsp3) is 0.316. The summed E-state index contributed by atoms with van der Waals surface area (Å²) >= 11 is 0. The third-order valence-corrected chi connectivity index (χ3v) is 4.12. The number of hydrogen-bond donors (Lipinski definition) is 1. The first-order valence-electron chi connectivity index (χ1n) is 8.19. The van der Waals surface area contributed by atoms with Crippen molar-refractivity contribution in [3.8, 4) is 11.3 Å². The average molecular weight is 322 g/mol. The minimum absolute atomic E-state index is 0.0743. The van der Waals surface area contributed by atoms with Crippen molar-refractivity contribution in [2.24, 2.45) is 5.92 Å². The molecule has 2 heterocycles. The molecule has 0 bridgehead atoms. The van der Waals surface area contributed by atoms with Crippen molar-refractivity contribution in [3.05, 3.63) is 54.5 Å². The molecule has 1 aliphatic heterocycles. The number of benzene rings is 1. The Balaban J connectivity index is 1.76. The van der Waals surface area contributed by atoms with Gasteiger partial charge in [0, 0.05) is 24.0 Å². The lowest BCUT2D eigenvalue weighted by Gasteiger charge is -2.27. The maximum Gasteiger partial charge on any atom is 0.322 e. The number of anilines is 1. The van der Waals surface area contributed by atoms with E-state index in [-0.39, 0.29) is 12.1 Å². The van der Waals surface area contributed by atoms with E-state index < -0.39 is 0 Å². The molecule has 5 nitrogen and oxygen atoms in total. The summed E-state index contributed by atoms with van der Waals surface area (Å²) < 4.78 is 0. The SMILES string of the molecule is Cc1nccc(-c2cccc(NC(=O)N3CC=C[C@H]3C(C)C)c2)n1. The highest BCUT2D eigenvalue weighted by atomic mass is 16.2. The minimum Gasteiger partial charge on any atom is -0.314 e. The molecule has 0 aliphatic carbocycles. The Labute approximate surface area is 142 Å². The standard InChI is InChI=1S/C19H22N4O/c1-13(2)18-8-5-11-23(18)19(24)22-16-7-4-6-15(12-16)17-9-10-20-14(3)21-17/h4-10,12-13,18H,11H2,1-3H3,(H,22,24)/t18-/m0/s1. The second-order valence-corrected chi connectivity index (χ2v) is 6.32. The van der Waals surface area contributed by atoms with Gasteiger partial charge in [-0.1, -0.05) is 38.1 Å².